The first kappa shape index (κ1) is 22.4. The molecule has 0 aliphatic carbocycles. The van der Waals surface area contributed by atoms with Crippen molar-refractivity contribution in [1.82, 2.24) is 20.2 Å². The van der Waals surface area contributed by atoms with Gasteiger partial charge in [0.15, 0.2) is 17.3 Å². The van der Waals surface area contributed by atoms with Crippen molar-refractivity contribution >= 4 is 17.4 Å². The van der Waals surface area contributed by atoms with E-state index in [0.29, 0.717) is 12.1 Å². The van der Waals surface area contributed by atoms with Gasteiger partial charge in [0.25, 0.3) is 0 Å². The van der Waals surface area contributed by atoms with E-state index in [1.165, 1.54) is 25.6 Å². The molecule has 0 unspecified atom stereocenters. The van der Waals surface area contributed by atoms with E-state index in [4.69, 9.17) is 10.00 Å². The average Bonchev–Trinajstić information content (AvgIpc) is 3.24. The minimum Gasteiger partial charge on any atom is -0.467 e. The second-order valence-electron chi connectivity index (χ2n) is 6.15. The minimum atomic E-state index is -4.70. The number of rotatable bonds is 5. The van der Waals surface area contributed by atoms with Gasteiger partial charge in [0.1, 0.15) is 6.07 Å². The Labute approximate surface area is 176 Å². The third-order valence-electron chi connectivity index (χ3n) is 4.00. The average molecular weight is 453 g/mol. The van der Waals surface area contributed by atoms with Crippen LogP contribution in [0, 0.1) is 23.0 Å². The number of alkyl halides is 3. The van der Waals surface area contributed by atoms with E-state index >= 15 is 0 Å². The molecule has 0 saturated heterocycles. The number of nitriles is 1. The molecule has 0 aliphatic heterocycles. The summed E-state index contributed by atoms with van der Waals surface area (Å²) in [4.78, 5) is 21.4. The quantitative estimate of drug-likeness (QED) is 0.570. The number of H-pyrrole nitrogens is 1. The lowest BCUT2D eigenvalue weighted by Crippen LogP contribution is -2.35. The van der Waals surface area contributed by atoms with E-state index in [0.717, 1.165) is 11.0 Å². The van der Waals surface area contributed by atoms with Gasteiger partial charge in [0.2, 0.25) is 0 Å². The first-order chi connectivity index (χ1) is 15.1. The number of carbonyl (C=O) groups is 1. The second kappa shape index (κ2) is 8.84. The topological polar surface area (TPSA) is 120 Å². The van der Waals surface area contributed by atoms with Crippen molar-refractivity contribution in [2.45, 2.75) is 12.7 Å². The van der Waals surface area contributed by atoms with Crippen molar-refractivity contribution in [3.8, 4) is 12.1 Å². The van der Waals surface area contributed by atoms with Gasteiger partial charge in [0, 0.05) is 11.8 Å². The van der Waals surface area contributed by atoms with Crippen LogP contribution in [0.5, 0.6) is 6.01 Å². The van der Waals surface area contributed by atoms with Gasteiger partial charge < -0.3 is 10.1 Å². The number of halogens is 5. The van der Waals surface area contributed by atoms with Crippen molar-refractivity contribution in [2.24, 2.45) is 0 Å². The predicted octanol–water partition coefficient (Wildman–Crippen LogP) is 3.62. The normalized spacial score (nSPS) is 11.0. The fraction of sp³-hybridized carbons (Fsp3) is 0.167. The van der Waals surface area contributed by atoms with Gasteiger partial charge >= 0.3 is 18.2 Å². The molecule has 9 nitrogen and oxygen atoms in total. The number of amides is 2. The lowest BCUT2D eigenvalue weighted by atomic mass is 10.2. The summed E-state index contributed by atoms with van der Waals surface area (Å²) in [6.45, 7) is -0.445. The highest BCUT2D eigenvalue weighted by atomic mass is 19.4. The standard InChI is InChI=1S/C18H12F5N7O2/c1-32-16-25-6-12(7-26-16)30(8-11-4-14(29-28-11)18(21,22)23)17(31)27-10-2-9(5-24)15(20)13(19)3-10/h2-4,6-7H,8H2,1H3,(H,27,31)(H,28,29). The SMILES string of the molecule is COc1ncc(N(Cc2cc(C(F)(F)F)n[nH]2)C(=O)Nc2cc(F)c(F)c(C#N)c2)cn1. The summed E-state index contributed by atoms with van der Waals surface area (Å²) in [5.74, 6) is -2.76. The van der Waals surface area contributed by atoms with Crippen molar-refractivity contribution in [3.05, 3.63) is 59.2 Å². The van der Waals surface area contributed by atoms with Crippen molar-refractivity contribution in [1.29, 1.82) is 5.26 Å². The number of ether oxygens (including phenoxy) is 1. The van der Waals surface area contributed by atoms with E-state index in [2.05, 4.69) is 25.5 Å². The van der Waals surface area contributed by atoms with Crippen molar-refractivity contribution < 1.29 is 31.5 Å². The van der Waals surface area contributed by atoms with Gasteiger partial charge in [-0.1, -0.05) is 0 Å². The smallest absolute Gasteiger partial charge is 0.435 e. The number of anilines is 2. The summed E-state index contributed by atoms with van der Waals surface area (Å²) < 4.78 is 70.6. The van der Waals surface area contributed by atoms with Crippen LogP contribution < -0.4 is 15.0 Å². The summed E-state index contributed by atoms with van der Waals surface area (Å²) in [5.41, 5.74) is -2.16. The van der Waals surface area contributed by atoms with Crippen LogP contribution in [0.1, 0.15) is 17.0 Å². The van der Waals surface area contributed by atoms with E-state index in [9.17, 15) is 26.7 Å². The molecule has 166 valence electrons. The highest BCUT2D eigenvalue weighted by Crippen LogP contribution is 2.28. The first-order valence-electron chi connectivity index (χ1n) is 8.57. The number of nitrogens with one attached hydrogen (secondary N) is 2. The van der Waals surface area contributed by atoms with Crippen molar-refractivity contribution in [3.63, 3.8) is 0 Å². The van der Waals surface area contributed by atoms with E-state index in [-0.39, 0.29) is 23.1 Å². The molecular formula is C18H12F5N7O2. The molecule has 3 aromatic rings. The number of urea groups is 1. The Morgan fingerprint density at radius 3 is 2.50 bits per heavy atom. The Kier molecular flexibility index (Phi) is 6.19. The maximum absolute atomic E-state index is 13.7. The number of methoxy groups -OCH3 is 1. The molecule has 3 rings (SSSR count). The summed E-state index contributed by atoms with van der Waals surface area (Å²) in [6.07, 6.45) is -2.37. The van der Waals surface area contributed by atoms with Crippen LogP contribution in [-0.4, -0.2) is 33.3 Å². The number of hydrogen-bond donors (Lipinski definition) is 2. The van der Waals surface area contributed by atoms with Gasteiger partial charge in [-0.05, 0) is 12.1 Å². The number of carbonyl (C=O) groups excluding carboxylic acids is 1. The van der Waals surface area contributed by atoms with Gasteiger partial charge in [-0.25, -0.2) is 23.5 Å². The summed E-state index contributed by atoms with van der Waals surface area (Å²) >= 11 is 0. The van der Waals surface area contributed by atoms with Gasteiger partial charge in [-0.3, -0.25) is 10.00 Å². The van der Waals surface area contributed by atoms with Crippen LogP contribution in [0.15, 0.2) is 30.6 Å². The molecular weight excluding hydrogens is 441 g/mol. The molecule has 0 fully saturated rings. The zero-order valence-corrected chi connectivity index (χ0v) is 16.0. The molecule has 0 atom stereocenters. The highest BCUT2D eigenvalue weighted by Gasteiger charge is 2.34. The molecule has 1 aromatic carbocycles. The van der Waals surface area contributed by atoms with Gasteiger partial charge in [-0.15, -0.1) is 0 Å². The number of hydrogen-bond acceptors (Lipinski definition) is 6. The first-order valence-corrected chi connectivity index (χ1v) is 8.57. The zero-order valence-electron chi connectivity index (χ0n) is 16.0. The summed E-state index contributed by atoms with van der Waals surface area (Å²) in [6, 6.07) is 2.70. The van der Waals surface area contributed by atoms with E-state index in [1.807, 2.05) is 0 Å². The molecule has 0 bridgehead atoms. The third kappa shape index (κ3) is 4.89. The Balaban J connectivity index is 1.93. The lowest BCUT2D eigenvalue weighted by molar-refractivity contribution is -0.141. The Bertz CT molecular complexity index is 1170. The van der Waals surface area contributed by atoms with Crippen molar-refractivity contribution in [2.75, 3.05) is 17.3 Å². The third-order valence-corrected chi connectivity index (χ3v) is 4.00. The van der Waals surface area contributed by atoms with Gasteiger partial charge in [0.05, 0.1) is 43.0 Å². The molecule has 2 amide bonds. The summed E-state index contributed by atoms with van der Waals surface area (Å²) in [5, 5.41) is 16.5. The number of aromatic amines is 1. The molecule has 2 heterocycles. The monoisotopic (exact) mass is 453 g/mol. The molecule has 0 radical (unpaired) electrons. The number of nitrogens with zero attached hydrogens (tertiary/aromatic N) is 5. The molecule has 14 heteroatoms. The van der Waals surface area contributed by atoms with Crippen LogP contribution >= 0.6 is 0 Å². The van der Waals surface area contributed by atoms with E-state index in [1.54, 1.807) is 0 Å². The number of benzene rings is 1. The van der Waals surface area contributed by atoms with Crippen LogP contribution in [0.25, 0.3) is 0 Å². The Morgan fingerprint density at radius 1 is 1.25 bits per heavy atom. The van der Waals surface area contributed by atoms with E-state index < -0.39 is 41.6 Å². The van der Waals surface area contributed by atoms with Crippen LogP contribution in [0.3, 0.4) is 0 Å². The molecule has 0 spiro atoms. The maximum Gasteiger partial charge on any atom is 0.435 e. The van der Waals surface area contributed by atoms with Crippen LogP contribution in [-0.2, 0) is 12.7 Å². The zero-order chi connectivity index (χ0) is 23.5. The predicted molar refractivity (Wildman–Crippen MR) is 98.4 cm³/mol. The maximum atomic E-state index is 13.7. The lowest BCUT2D eigenvalue weighted by Gasteiger charge is -2.22. The fourth-order valence-corrected chi connectivity index (χ4v) is 2.53. The minimum absolute atomic E-state index is 0.0331. The fourth-order valence-electron chi connectivity index (χ4n) is 2.53. The summed E-state index contributed by atoms with van der Waals surface area (Å²) in [7, 11) is 1.30. The highest BCUT2D eigenvalue weighted by molar-refractivity contribution is 6.01. The molecule has 2 N–H and O–H groups in total. The molecule has 0 aliphatic rings. The largest absolute Gasteiger partial charge is 0.467 e. The Hall–Kier alpha value is -4.28. The van der Waals surface area contributed by atoms with Crippen LogP contribution in [0.4, 0.5) is 38.1 Å². The molecule has 0 saturated carbocycles. The Morgan fingerprint density at radius 2 is 1.94 bits per heavy atom. The van der Waals surface area contributed by atoms with Gasteiger partial charge in [-0.2, -0.15) is 23.5 Å². The molecule has 32 heavy (non-hydrogen) atoms. The second-order valence-corrected chi connectivity index (χ2v) is 6.15. The number of aromatic nitrogens is 4. The van der Waals surface area contributed by atoms with Crippen LogP contribution in [0.2, 0.25) is 0 Å². The molecule has 2 aromatic heterocycles.